The van der Waals surface area contributed by atoms with Crippen LogP contribution in [0.3, 0.4) is 0 Å². The van der Waals surface area contributed by atoms with Gasteiger partial charge in [-0.15, -0.1) is 11.8 Å². The Morgan fingerprint density at radius 2 is 1.69 bits per heavy atom. The Labute approximate surface area is 250 Å². The molecule has 0 spiro atoms. The van der Waals surface area contributed by atoms with Crippen molar-refractivity contribution in [1.29, 1.82) is 0 Å². The predicted octanol–water partition coefficient (Wildman–Crippen LogP) is 4.00. The molecule has 1 aromatic heterocycles. The summed E-state index contributed by atoms with van der Waals surface area (Å²) >= 11 is 1.75. The second-order valence-electron chi connectivity index (χ2n) is 10.5. The average Bonchev–Trinajstić information content (AvgIpc) is 3.21. The average molecular weight is 595 g/mol. The molecule has 10 nitrogen and oxygen atoms in total. The van der Waals surface area contributed by atoms with Crippen LogP contribution in [0, 0.1) is 6.92 Å². The van der Waals surface area contributed by atoms with Crippen molar-refractivity contribution in [3.63, 3.8) is 0 Å². The molecule has 224 valence electrons. The summed E-state index contributed by atoms with van der Waals surface area (Å²) in [5, 5.41) is 17.6. The molecule has 2 aromatic carbocycles. The molecular formula is C31H38N4O6S. The number of aryl methyl sites for hydroxylation is 1. The van der Waals surface area contributed by atoms with Crippen LogP contribution < -0.4 is 5.32 Å². The first-order valence-corrected chi connectivity index (χ1v) is 15.0. The Morgan fingerprint density at radius 1 is 1.02 bits per heavy atom. The highest BCUT2D eigenvalue weighted by atomic mass is 32.2. The summed E-state index contributed by atoms with van der Waals surface area (Å²) in [5.41, 5.74) is 5.99. The number of carboxylic acid groups (broad SMARTS) is 2. The van der Waals surface area contributed by atoms with E-state index < -0.39 is 11.9 Å². The minimum Gasteiger partial charge on any atom is -0.473 e. The number of hydrogen-bond acceptors (Lipinski definition) is 7. The van der Waals surface area contributed by atoms with Gasteiger partial charge in [0.1, 0.15) is 11.9 Å². The number of likely N-dealkylation sites (tertiary alicyclic amines) is 1. The number of imidazole rings is 1. The molecule has 0 radical (unpaired) electrons. The number of ether oxygens (including phenoxy) is 1. The second kappa shape index (κ2) is 14.5. The van der Waals surface area contributed by atoms with Crippen molar-refractivity contribution in [2.75, 3.05) is 32.4 Å². The van der Waals surface area contributed by atoms with Crippen LogP contribution in [0.25, 0.3) is 11.3 Å². The van der Waals surface area contributed by atoms with Crippen molar-refractivity contribution in [1.82, 2.24) is 19.8 Å². The van der Waals surface area contributed by atoms with E-state index in [1.165, 1.54) is 21.7 Å². The number of carbonyl (C=O) groups is 3. The maximum absolute atomic E-state index is 11.1. The van der Waals surface area contributed by atoms with Crippen molar-refractivity contribution in [2.24, 2.45) is 0 Å². The highest BCUT2D eigenvalue weighted by Gasteiger charge is 2.32. The lowest BCUT2D eigenvalue weighted by Crippen LogP contribution is -2.35. The number of benzene rings is 2. The number of carbonyl (C=O) groups excluding carboxylic acids is 1. The van der Waals surface area contributed by atoms with Gasteiger partial charge in [-0.05, 0) is 56.5 Å². The highest BCUT2D eigenvalue weighted by Crippen LogP contribution is 2.37. The molecule has 1 atom stereocenters. The Balaban J connectivity index is 0.000000612. The first-order chi connectivity index (χ1) is 20.1. The minimum atomic E-state index is -1.82. The van der Waals surface area contributed by atoms with Gasteiger partial charge in [-0.1, -0.05) is 36.4 Å². The molecule has 1 saturated heterocycles. The van der Waals surface area contributed by atoms with Gasteiger partial charge < -0.3 is 29.7 Å². The molecule has 2 aliphatic heterocycles. The monoisotopic (exact) mass is 594 g/mol. The Morgan fingerprint density at radius 3 is 2.33 bits per heavy atom. The number of aromatic nitrogens is 2. The SMILES string of the molecule is CC(=O)NCCSc1ccc(-c2nc3n(c2C)CCc2ccccc2C3OC2CCN(C)CC2)cc1.O=C(O)C(=O)O. The molecule has 3 aromatic rings. The second-order valence-corrected chi connectivity index (χ2v) is 11.7. The number of carboxylic acids is 2. The summed E-state index contributed by atoms with van der Waals surface area (Å²) in [6.07, 6.45) is 3.20. The maximum Gasteiger partial charge on any atom is 0.414 e. The first-order valence-electron chi connectivity index (χ1n) is 14.1. The fraction of sp³-hybridized carbons (Fsp3) is 0.419. The molecule has 1 amide bonds. The van der Waals surface area contributed by atoms with Gasteiger partial charge in [0, 0.05) is 55.0 Å². The maximum atomic E-state index is 11.1. The van der Waals surface area contributed by atoms with E-state index in [2.05, 4.69) is 77.3 Å². The van der Waals surface area contributed by atoms with Crippen LogP contribution in [0.15, 0.2) is 53.4 Å². The summed E-state index contributed by atoms with van der Waals surface area (Å²) in [7, 11) is 2.19. The van der Waals surface area contributed by atoms with Crippen LogP contribution in [0.5, 0.6) is 0 Å². The number of hydrogen-bond donors (Lipinski definition) is 3. The normalized spacial score (nSPS) is 16.8. The topological polar surface area (TPSA) is 134 Å². The number of amides is 1. The molecule has 0 bridgehead atoms. The van der Waals surface area contributed by atoms with Crippen molar-refractivity contribution in [3.05, 3.63) is 71.2 Å². The molecular weight excluding hydrogens is 556 g/mol. The van der Waals surface area contributed by atoms with Crippen molar-refractivity contribution < 1.29 is 29.3 Å². The molecule has 11 heteroatoms. The number of fused-ring (bicyclic) bond motifs is 2. The third-order valence-corrected chi connectivity index (χ3v) is 8.49. The fourth-order valence-electron chi connectivity index (χ4n) is 5.25. The molecule has 5 rings (SSSR count). The van der Waals surface area contributed by atoms with E-state index >= 15 is 0 Å². The van der Waals surface area contributed by atoms with E-state index in [0.29, 0.717) is 6.54 Å². The summed E-state index contributed by atoms with van der Waals surface area (Å²) in [6, 6.07) is 17.4. The molecule has 42 heavy (non-hydrogen) atoms. The van der Waals surface area contributed by atoms with Gasteiger partial charge in [0.05, 0.1) is 11.8 Å². The Bertz CT molecular complexity index is 1390. The number of rotatable bonds is 7. The van der Waals surface area contributed by atoms with Gasteiger partial charge in [0.15, 0.2) is 0 Å². The van der Waals surface area contributed by atoms with Gasteiger partial charge in [-0.2, -0.15) is 0 Å². The van der Waals surface area contributed by atoms with Crippen molar-refractivity contribution in [2.45, 2.75) is 56.8 Å². The molecule has 2 aliphatic rings. The van der Waals surface area contributed by atoms with Crippen LogP contribution in [0.1, 0.15) is 48.5 Å². The van der Waals surface area contributed by atoms with Gasteiger partial charge in [0.25, 0.3) is 0 Å². The van der Waals surface area contributed by atoms with Crippen LogP contribution >= 0.6 is 11.8 Å². The van der Waals surface area contributed by atoms with E-state index in [-0.39, 0.29) is 18.1 Å². The number of thioether (sulfide) groups is 1. The summed E-state index contributed by atoms with van der Waals surface area (Å²) in [6.45, 7) is 7.48. The van der Waals surface area contributed by atoms with E-state index in [0.717, 1.165) is 61.7 Å². The van der Waals surface area contributed by atoms with Crippen LogP contribution in [0.2, 0.25) is 0 Å². The molecule has 3 N–H and O–H groups in total. The van der Waals surface area contributed by atoms with Crippen LogP contribution in [0.4, 0.5) is 0 Å². The number of aliphatic carboxylic acids is 2. The Hall–Kier alpha value is -3.67. The molecule has 0 saturated carbocycles. The van der Waals surface area contributed by atoms with E-state index in [9.17, 15) is 4.79 Å². The third kappa shape index (κ3) is 7.99. The summed E-state index contributed by atoms with van der Waals surface area (Å²) in [4.78, 5) is 38.1. The molecule has 1 fully saturated rings. The number of nitrogens with zero attached hydrogens (tertiary/aromatic N) is 3. The Kier molecular flexibility index (Phi) is 10.8. The lowest BCUT2D eigenvalue weighted by atomic mass is 10.00. The lowest BCUT2D eigenvalue weighted by Gasteiger charge is -2.32. The standard InChI is InChI=1S/C29H36N4O2S.C2H2O4/c1-20-27(23-8-10-25(11-9-23)36-19-15-30-21(2)34)31-29-28(35-24-13-16-32(3)17-14-24)26-7-5-4-6-22(26)12-18-33(20)29;3-1(4)2(5)6/h4-11,24,28H,12-19H2,1-3H3,(H,30,34);(H,3,4)(H,5,6). The third-order valence-electron chi connectivity index (χ3n) is 7.48. The molecule has 0 aliphatic carbocycles. The van der Waals surface area contributed by atoms with E-state index in [4.69, 9.17) is 29.5 Å². The number of piperidine rings is 1. The lowest BCUT2D eigenvalue weighted by molar-refractivity contribution is -0.159. The number of nitrogens with one attached hydrogen (secondary N) is 1. The fourth-order valence-corrected chi connectivity index (χ4v) is 6.02. The van der Waals surface area contributed by atoms with Gasteiger partial charge in [0.2, 0.25) is 5.91 Å². The highest BCUT2D eigenvalue weighted by molar-refractivity contribution is 7.99. The largest absolute Gasteiger partial charge is 0.473 e. The van der Waals surface area contributed by atoms with Crippen molar-refractivity contribution in [3.8, 4) is 11.3 Å². The smallest absolute Gasteiger partial charge is 0.414 e. The zero-order valence-electron chi connectivity index (χ0n) is 24.2. The van der Waals surface area contributed by atoms with Gasteiger partial charge in [-0.3, -0.25) is 4.79 Å². The predicted molar refractivity (Wildman–Crippen MR) is 161 cm³/mol. The minimum absolute atomic E-state index is 0.0155. The zero-order chi connectivity index (χ0) is 30.2. The van der Waals surface area contributed by atoms with Crippen LogP contribution in [-0.4, -0.2) is 81.0 Å². The quantitative estimate of drug-likeness (QED) is 0.211. The molecule has 3 heterocycles. The van der Waals surface area contributed by atoms with Crippen molar-refractivity contribution >= 4 is 29.6 Å². The van der Waals surface area contributed by atoms with E-state index in [1.807, 2.05) is 0 Å². The first kappa shape index (κ1) is 31.3. The van der Waals surface area contributed by atoms with Gasteiger partial charge >= 0.3 is 11.9 Å². The van der Waals surface area contributed by atoms with Crippen LogP contribution in [-0.2, 0) is 32.1 Å². The van der Waals surface area contributed by atoms with Gasteiger partial charge in [-0.25, -0.2) is 14.6 Å². The summed E-state index contributed by atoms with van der Waals surface area (Å²) < 4.78 is 9.25. The zero-order valence-corrected chi connectivity index (χ0v) is 25.0. The van der Waals surface area contributed by atoms with E-state index in [1.54, 1.807) is 18.7 Å². The summed E-state index contributed by atoms with van der Waals surface area (Å²) in [5.74, 6) is -1.75. The molecule has 1 unspecified atom stereocenters.